The molecule has 19 heavy (non-hydrogen) atoms. The Morgan fingerprint density at radius 3 is 2.84 bits per heavy atom. The maximum Gasteiger partial charge on any atom is 0.119 e. The van der Waals surface area contributed by atoms with Crippen LogP contribution in [0.1, 0.15) is 25.0 Å². The second-order valence-corrected chi connectivity index (χ2v) is 4.87. The van der Waals surface area contributed by atoms with E-state index in [0.717, 1.165) is 45.0 Å². The first kappa shape index (κ1) is 14.3. The highest BCUT2D eigenvalue weighted by Gasteiger charge is 2.21. The molecule has 1 aliphatic rings. The first-order chi connectivity index (χ1) is 9.33. The van der Waals surface area contributed by atoms with Crippen molar-refractivity contribution in [1.82, 2.24) is 4.90 Å². The van der Waals surface area contributed by atoms with Gasteiger partial charge in [0.05, 0.1) is 19.3 Å². The van der Waals surface area contributed by atoms with E-state index in [4.69, 9.17) is 15.2 Å². The Labute approximate surface area is 115 Å². The fourth-order valence-corrected chi connectivity index (χ4v) is 2.29. The van der Waals surface area contributed by atoms with E-state index in [9.17, 15) is 0 Å². The first-order valence-corrected chi connectivity index (χ1v) is 7.10. The summed E-state index contributed by atoms with van der Waals surface area (Å²) in [5, 5.41) is 0. The minimum atomic E-state index is 0.153. The zero-order chi connectivity index (χ0) is 13.5. The van der Waals surface area contributed by atoms with E-state index in [-0.39, 0.29) is 6.10 Å². The van der Waals surface area contributed by atoms with Gasteiger partial charge in [0.2, 0.25) is 0 Å². The zero-order valence-electron chi connectivity index (χ0n) is 11.7. The highest BCUT2D eigenvalue weighted by Crippen LogP contribution is 2.24. The number of hydrogen-bond acceptors (Lipinski definition) is 4. The van der Waals surface area contributed by atoms with Gasteiger partial charge >= 0.3 is 0 Å². The van der Waals surface area contributed by atoms with Crippen LogP contribution in [0.2, 0.25) is 0 Å². The van der Waals surface area contributed by atoms with Crippen molar-refractivity contribution in [1.29, 1.82) is 0 Å². The average Bonchev–Trinajstić information content (AvgIpc) is 2.46. The highest BCUT2D eigenvalue weighted by molar-refractivity contribution is 5.29. The van der Waals surface area contributed by atoms with Crippen LogP contribution in [0.25, 0.3) is 0 Å². The van der Waals surface area contributed by atoms with Crippen molar-refractivity contribution in [3.63, 3.8) is 0 Å². The number of ether oxygens (including phenoxy) is 2. The summed E-state index contributed by atoms with van der Waals surface area (Å²) in [5.74, 6) is 0.931. The second kappa shape index (κ2) is 7.48. The lowest BCUT2D eigenvalue weighted by atomic mass is 10.1. The lowest BCUT2D eigenvalue weighted by molar-refractivity contribution is -0.0288. The van der Waals surface area contributed by atoms with Gasteiger partial charge in [0.15, 0.2) is 0 Å². The molecule has 2 N–H and O–H groups in total. The molecule has 0 spiro atoms. The molecule has 1 aromatic carbocycles. The van der Waals surface area contributed by atoms with Crippen molar-refractivity contribution in [3.8, 4) is 5.75 Å². The van der Waals surface area contributed by atoms with E-state index in [2.05, 4.69) is 24.0 Å². The van der Waals surface area contributed by atoms with E-state index in [1.54, 1.807) is 0 Å². The van der Waals surface area contributed by atoms with Gasteiger partial charge in [-0.05, 0) is 24.1 Å². The Balaban J connectivity index is 1.93. The van der Waals surface area contributed by atoms with Crippen molar-refractivity contribution in [2.75, 3.05) is 39.4 Å². The van der Waals surface area contributed by atoms with Gasteiger partial charge in [-0.1, -0.05) is 19.1 Å². The topological polar surface area (TPSA) is 47.7 Å². The van der Waals surface area contributed by atoms with E-state index < -0.39 is 0 Å². The van der Waals surface area contributed by atoms with Gasteiger partial charge in [0.1, 0.15) is 5.75 Å². The maximum absolute atomic E-state index is 5.84. The minimum Gasteiger partial charge on any atom is -0.494 e. The van der Waals surface area contributed by atoms with Crippen molar-refractivity contribution >= 4 is 0 Å². The molecule has 0 aliphatic carbocycles. The molecular weight excluding hydrogens is 240 g/mol. The number of nitrogens with zero attached hydrogens (tertiary/aromatic N) is 1. The molecule has 1 saturated heterocycles. The standard InChI is InChI=1S/C15H24N2O2/c1-2-10-18-14-5-3-13(4-6-14)15-12-17(8-7-16)9-11-19-15/h3-6,15H,2,7-12,16H2,1H3. The molecule has 4 nitrogen and oxygen atoms in total. The zero-order valence-corrected chi connectivity index (χ0v) is 11.7. The third-order valence-electron chi connectivity index (χ3n) is 3.32. The van der Waals surface area contributed by atoms with Gasteiger partial charge < -0.3 is 15.2 Å². The van der Waals surface area contributed by atoms with E-state index >= 15 is 0 Å². The summed E-state index contributed by atoms with van der Waals surface area (Å²) in [4.78, 5) is 2.36. The number of benzene rings is 1. The van der Waals surface area contributed by atoms with Crippen LogP contribution in [-0.4, -0.2) is 44.3 Å². The number of rotatable bonds is 6. The molecule has 0 bridgehead atoms. The molecule has 4 heteroatoms. The molecule has 0 aromatic heterocycles. The third kappa shape index (κ3) is 4.20. The molecule has 0 saturated carbocycles. The molecule has 2 rings (SSSR count). The van der Waals surface area contributed by atoms with Gasteiger partial charge in [0, 0.05) is 26.2 Å². The Morgan fingerprint density at radius 1 is 1.37 bits per heavy atom. The summed E-state index contributed by atoms with van der Waals surface area (Å²) in [5.41, 5.74) is 6.82. The van der Waals surface area contributed by atoms with E-state index in [1.807, 2.05) is 12.1 Å². The molecule has 1 atom stereocenters. The third-order valence-corrected chi connectivity index (χ3v) is 3.32. The molecule has 1 heterocycles. The predicted molar refractivity (Wildman–Crippen MR) is 76.4 cm³/mol. The minimum absolute atomic E-state index is 0.153. The van der Waals surface area contributed by atoms with Gasteiger partial charge in [-0.25, -0.2) is 0 Å². The quantitative estimate of drug-likeness (QED) is 0.851. The van der Waals surface area contributed by atoms with Crippen molar-refractivity contribution in [2.45, 2.75) is 19.4 Å². The van der Waals surface area contributed by atoms with Crippen LogP contribution in [-0.2, 0) is 4.74 Å². The summed E-state index contributed by atoms with van der Waals surface area (Å²) >= 11 is 0. The molecule has 0 amide bonds. The number of nitrogens with two attached hydrogens (primary N) is 1. The second-order valence-electron chi connectivity index (χ2n) is 4.87. The van der Waals surface area contributed by atoms with Crippen LogP contribution in [0.15, 0.2) is 24.3 Å². The molecular formula is C15H24N2O2. The molecule has 1 unspecified atom stereocenters. The summed E-state index contributed by atoms with van der Waals surface area (Å²) in [6.45, 7) is 7.20. The van der Waals surface area contributed by atoms with Crippen molar-refractivity contribution in [2.24, 2.45) is 5.73 Å². The summed E-state index contributed by atoms with van der Waals surface area (Å²) in [7, 11) is 0. The Hall–Kier alpha value is -1.10. The first-order valence-electron chi connectivity index (χ1n) is 7.10. The van der Waals surface area contributed by atoms with Crippen LogP contribution in [0.3, 0.4) is 0 Å². The monoisotopic (exact) mass is 264 g/mol. The summed E-state index contributed by atoms with van der Waals surface area (Å²) in [6, 6.07) is 8.25. The highest BCUT2D eigenvalue weighted by atomic mass is 16.5. The summed E-state index contributed by atoms with van der Waals surface area (Å²) < 4.78 is 11.4. The van der Waals surface area contributed by atoms with Gasteiger partial charge in [-0.2, -0.15) is 0 Å². The average molecular weight is 264 g/mol. The SMILES string of the molecule is CCCOc1ccc(C2CN(CCN)CCO2)cc1. The van der Waals surface area contributed by atoms with Gasteiger partial charge in [-0.3, -0.25) is 4.90 Å². The normalized spacial score (nSPS) is 20.4. The fourth-order valence-electron chi connectivity index (χ4n) is 2.29. The molecule has 1 fully saturated rings. The van der Waals surface area contributed by atoms with Crippen LogP contribution >= 0.6 is 0 Å². The predicted octanol–water partition coefficient (Wildman–Crippen LogP) is 1.81. The molecule has 0 radical (unpaired) electrons. The molecule has 1 aliphatic heterocycles. The van der Waals surface area contributed by atoms with Crippen LogP contribution in [0.5, 0.6) is 5.75 Å². The lowest BCUT2D eigenvalue weighted by Crippen LogP contribution is -2.40. The van der Waals surface area contributed by atoms with Crippen LogP contribution in [0, 0.1) is 0 Å². The Morgan fingerprint density at radius 2 is 2.16 bits per heavy atom. The van der Waals surface area contributed by atoms with Crippen molar-refractivity contribution in [3.05, 3.63) is 29.8 Å². The fraction of sp³-hybridized carbons (Fsp3) is 0.600. The molecule has 106 valence electrons. The smallest absolute Gasteiger partial charge is 0.119 e. The van der Waals surface area contributed by atoms with E-state index in [1.165, 1.54) is 5.56 Å². The number of hydrogen-bond donors (Lipinski definition) is 1. The van der Waals surface area contributed by atoms with Crippen LogP contribution < -0.4 is 10.5 Å². The maximum atomic E-state index is 5.84. The van der Waals surface area contributed by atoms with Crippen molar-refractivity contribution < 1.29 is 9.47 Å². The van der Waals surface area contributed by atoms with E-state index in [0.29, 0.717) is 6.54 Å². The van der Waals surface area contributed by atoms with Gasteiger partial charge in [0.25, 0.3) is 0 Å². The lowest BCUT2D eigenvalue weighted by Gasteiger charge is -2.32. The molecule has 1 aromatic rings. The summed E-state index contributed by atoms with van der Waals surface area (Å²) in [6.07, 6.45) is 1.18. The largest absolute Gasteiger partial charge is 0.494 e. The van der Waals surface area contributed by atoms with Gasteiger partial charge in [-0.15, -0.1) is 0 Å². The Bertz CT molecular complexity index is 365. The van der Waals surface area contributed by atoms with Crippen LogP contribution in [0.4, 0.5) is 0 Å². The number of morpholine rings is 1. The Kier molecular flexibility index (Phi) is 5.63.